The van der Waals surface area contributed by atoms with E-state index in [2.05, 4.69) is 4.90 Å². The molecule has 2 heterocycles. The molecule has 20 heavy (non-hydrogen) atoms. The Bertz CT molecular complexity index is 336. The van der Waals surface area contributed by atoms with Crippen molar-refractivity contribution in [1.82, 2.24) is 9.80 Å². The quantitative estimate of drug-likeness (QED) is 0.822. The van der Waals surface area contributed by atoms with Crippen molar-refractivity contribution < 1.29 is 9.53 Å². The van der Waals surface area contributed by atoms with Crippen LogP contribution in [-0.2, 0) is 9.53 Å². The summed E-state index contributed by atoms with van der Waals surface area (Å²) in [6, 6.07) is 0.775. The van der Waals surface area contributed by atoms with Gasteiger partial charge in [0.05, 0.1) is 6.10 Å². The molecule has 2 atom stereocenters. The molecule has 0 aromatic heterocycles. The zero-order valence-electron chi connectivity index (χ0n) is 12.3. The third kappa shape index (κ3) is 3.00. The lowest BCUT2D eigenvalue weighted by Crippen LogP contribution is -2.53. The molecule has 0 spiro atoms. The SMILES string of the molecule is NCC1CCC(C(=O)N2CCN(C3CCCC3)CC2)O1. The molecule has 1 aliphatic carbocycles. The molecule has 0 aromatic carbocycles. The topological polar surface area (TPSA) is 58.8 Å². The number of rotatable bonds is 3. The van der Waals surface area contributed by atoms with E-state index in [0.29, 0.717) is 6.54 Å². The number of piperazine rings is 1. The summed E-state index contributed by atoms with van der Waals surface area (Å²) in [6.07, 6.45) is 7.06. The molecule has 0 radical (unpaired) electrons. The van der Waals surface area contributed by atoms with E-state index >= 15 is 0 Å². The third-order valence-corrected chi connectivity index (χ3v) is 5.11. The molecule has 0 bridgehead atoms. The normalized spacial score (nSPS) is 33.0. The summed E-state index contributed by atoms with van der Waals surface area (Å²) in [5, 5.41) is 0. The number of nitrogens with zero attached hydrogens (tertiary/aromatic N) is 2. The van der Waals surface area contributed by atoms with E-state index in [-0.39, 0.29) is 18.1 Å². The zero-order chi connectivity index (χ0) is 13.9. The second kappa shape index (κ2) is 6.41. The van der Waals surface area contributed by atoms with Crippen LogP contribution in [0, 0.1) is 0 Å². The Hall–Kier alpha value is -0.650. The first-order valence-electron chi connectivity index (χ1n) is 8.16. The first-order chi connectivity index (χ1) is 9.78. The lowest BCUT2D eigenvalue weighted by atomic mass is 10.1. The van der Waals surface area contributed by atoms with E-state index in [1.54, 1.807) is 0 Å². The van der Waals surface area contributed by atoms with Crippen LogP contribution in [0.2, 0.25) is 0 Å². The van der Waals surface area contributed by atoms with E-state index in [9.17, 15) is 4.79 Å². The highest BCUT2D eigenvalue weighted by Crippen LogP contribution is 2.25. The molecule has 5 heteroatoms. The van der Waals surface area contributed by atoms with Gasteiger partial charge in [-0.25, -0.2) is 0 Å². The van der Waals surface area contributed by atoms with Gasteiger partial charge < -0.3 is 15.4 Å². The molecule has 2 N–H and O–H groups in total. The highest BCUT2D eigenvalue weighted by atomic mass is 16.5. The summed E-state index contributed by atoms with van der Waals surface area (Å²) in [5.41, 5.74) is 5.61. The molecule has 2 unspecified atom stereocenters. The number of nitrogens with two attached hydrogens (primary N) is 1. The Balaban J connectivity index is 1.46. The summed E-state index contributed by atoms with van der Waals surface area (Å²) in [5.74, 6) is 0.187. The molecule has 114 valence electrons. The number of hydrogen-bond acceptors (Lipinski definition) is 4. The number of carbonyl (C=O) groups is 1. The van der Waals surface area contributed by atoms with Gasteiger partial charge in [-0.3, -0.25) is 9.69 Å². The van der Waals surface area contributed by atoms with Crippen molar-refractivity contribution in [2.75, 3.05) is 32.7 Å². The molecule has 5 nitrogen and oxygen atoms in total. The largest absolute Gasteiger partial charge is 0.364 e. The van der Waals surface area contributed by atoms with Crippen LogP contribution in [0.15, 0.2) is 0 Å². The fourth-order valence-electron chi connectivity index (χ4n) is 3.84. The van der Waals surface area contributed by atoms with Gasteiger partial charge in [0.1, 0.15) is 6.10 Å². The molecule has 0 aromatic rings. The first kappa shape index (κ1) is 14.3. The summed E-state index contributed by atoms with van der Waals surface area (Å²) in [4.78, 5) is 17.0. The van der Waals surface area contributed by atoms with E-state index < -0.39 is 0 Å². The second-order valence-electron chi connectivity index (χ2n) is 6.36. The van der Waals surface area contributed by atoms with Gasteiger partial charge in [0, 0.05) is 38.8 Å². The molecular formula is C15H27N3O2. The molecule has 3 aliphatic rings. The van der Waals surface area contributed by atoms with E-state index in [0.717, 1.165) is 45.1 Å². The van der Waals surface area contributed by atoms with Gasteiger partial charge in [0.25, 0.3) is 5.91 Å². The Kier molecular flexibility index (Phi) is 4.58. The van der Waals surface area contributed by atoms with Gasteiger partial charge in [-0.15, -0.1) is 0 Å². The standard InChI is InChI=1S/C15H27N3O2/c16-11-13-5-6-14(20-13)15(19)18-9-7-17(8-10-18)12-3-1-2-4-12/h12-14H,1-11,16H2. The van der Waals surface area contributed by atoms with E-state index in [4.69, 9.17) is 10.5 Å². The van der Waals surface area contributed by atoms with Gasteiger partial charge in [-0.05, 0) is 25.7 Å². The maximum atomic E-state index is 12.4. The Morgan fingerprint density at radius 3 is 2.35 bits per heavy atom. The van der Waals surface area contributed by atoms with Crippen LogP contribution in [0.25, 0.3) is 0 Å². The molecular weight excluding hydrogens is 254 g/mol. The Morgan fingerprint density at radius 1 is 1.05 bits per heavy atom. The van der Waals surface area contributed by atoms with Gasteiger partial charge in [0.2, 0.25) is 0 Å². The van der Waals surface area contributed by atoms with Crippen molar-refractivity contribution in [1.29, 1.82) is 0 Å². The number of ether oxygens (including phenoxy) is 1. The maximum Gasteiger partial charge on any atom is 0.251 e. The molecule has 2 aliphatic heterocycles. The molecule has 3 fully saturated rings. The van der Waals surface area contributed by atoms with E-state index in [1.807, 2.05) is 4.90 Å². The average Bonchev–Trinajstić information content (AvgIpc) is 3.18. The van der Waals surface area contributed by atoms with Crippen molar-refractivity contribution in [2.24, 2.45) is 5.73 Å². The minimum atomic E-state index is -0.235. The van der Waals surface area contributed by atoms with E-state index in [1.165, 1.54) is 25.7 Å². The van der Waals surface area contributed by atoms with Crippen LogP contribution < -0.4 is 5.73 Å². The molecule has 2 saturated heterocycles. The number of amides is 1. The van der Waals surface area contributed by atoms with Crippen LogP contribution in [-0.4, -0.2) is 66.7 Å². The highest BCUT2D eigenvalue weighted by molar-refractivity contribution is 5.81. The number of carbonyl (C=O) groups excluding carboxylic acids is 1. The summed E-state index contributed by atoms with van der Waals surface area (Å²) in [7, 11) is 0. The van der Waals surface area contributed by atoms with Crippen molar-refractivity contribution in [2.45, 2.75) is 56.8 Å². The molecule has 1 saturated carbocycles. The fraction of sp³-hybridized carbons (Fsp3) is 0.933. The van der Waals surface area contributed by atoms with Crippen LogP contribution in [0.5, 0.6) is 0 Å². The van der Waals surface area contributed by atoms with Crippen LogP contribution in [0.4, 0.5) is 0 Å². The lowest BCUT2D eigenvalue weighted by Gasteiger charge is -2.38. The van der Waals surface area contributed by atoms with Gasteiger partial charge in [-0.2, -0.15) is 0 Å². The third-order valence-electron chi connectivity index (χ3n) is 5.11. The monoisotopic (exact) mass is 281 g/mol. The van der Waals surface area contributed by atoms with Crippen molar-refractivity contribution >= 4 is 5.91 Å². The second-order valence-corrected chi connectivity index (χ2v) is 6.36. The maximum absolute atomic E-state index is 12.4. The fourth-order valence-corrected chi connectivity index (χ4v) is 3.84. The first-order valence-corrected chi connectivity index (χ1v) is 8.16. The van der Waals surface area contributed by atoms with Crippen LogP contribution in [0.1, 0.15) is 38.5 Å². The minimum absolute atomic E-state index is 0.0868. The predicted octanol–water partition coefficient (Wildman–Crippen LogP) is 0.580. The van der Waals surface area contributed by atoms with Crippen LogP contribution >= 0.6 is 0 Å². The van der Waals surface area contributed by atoms with Crippen molar-refractivity contribution in [3.8, 4) is 0 Å². The predicted molar refractivity (Wildman–Crippen MR) is 77.4 cm³/mol. The number of hydrogen-bond donors (Lipinski definition) is 1. The van der Waals surface area contributed by atoms with Crippen LogP contribution in [0.3, 0.4) is 0 Å². The smallest absolute Gasteiger partial charge is 0.251 e. The lowest BCUT2D eigenvalue weighted by molar-refractivity contribution is -0.144. The van der Waals surface area contributed by atoms with Crippen molar-refractivity contribution in [3.63, 3.8) is 0 Å². The summed E-state index contributed by atoms with van der Waals surface area (Å²) < 4.78 is 5.72. The highest BCUT2D eigenvalue weighted by Gasteiger charge is 2.35. The Morgan fingerprint density at radius 2 is 1.75 bits per heavy atom. The summed E-state index contributed by atoms with van der Waals surface area (Å²) in [6.45, 7) is 4.32. The average molecular weight is 281 g/mol. The molecule has 3 rings (SSSR count). The summed E-state index contributed by atoms with van der Waals surface area (Å²) >= 11 is 0. The van der Waals surface area contributed by atoms with Gasteiger partial charge in [-0.1, -0.05) is 12.8 Å². The van der Waals surface area contributed by atoms with Gasteiger partial charge in [0.15, 0.2) is 0 Å². The minimum Gasteiger partial charge on any atom is -0.364 e. The van der Waals surface area contributed by atoms with Gasteiger partial charge >= 0.3 is 0 Å². The molecule has 1 amide bonds. The zero-order valence-corrected chi connectivity index (χ0v) is 12.3. The Labute approximate surface area is 121 Å². The van der Waals surface area contributed by atoms with Crippen molar-refractivity contribution in [3.05, 3.63) is 0 Å².